The lowest BCUT2D eigenvalue weighted by Gasteiger charge is -2.09. The summed E-state index contributed by atoms with van der Waals surface area (Å²) in [6.07, 6.45) is 2.85. The number of carbonyl (C=O) groups is 2. The summed E-state index contributed by atoms with van der Waals surface area (Å²) in [7, 11) is 1.46. The summed E-state index contributed by atoms with van der Waals surface area (Å²) in [5.41, 5.74) is 5.75. The van der Waals surface area contributed by atoms with Crippen LogP contribution in [0.5, 0.6) is 11.5 Å². The third-order valence-corrected chi connectivity index (χ3v) is 4.48. The van der Waals surface area contributed by atoms with Crippen LogP contribution in [0.3, 0.4) is 0 Å². The zero-order valence-corrected chi connectivity index (χ0v) is 16.1. The van der Waals surface area contributed by atoms with Crippen molar-refractivity contribution in [2.24, 2.45) is 5.10 Å². The second-order valence-corrected chi connectivity index (χ2v) is 6.45. The average molecular weight is 406 g/mol. The Morgan fingerprint density at radius 1 is 1.07 bits per heavy atom. The first kappa shape index (κ1) is 19.4. The molecular formula is C22H18N2O6. The molecule has 3 aromatic rings. The van der Waals surface area contributed by atoms with Gasteiger partial charge in [-0.25, -0.2) is 10.2 Å². The predicted molar refractivity (Wildman–Crippen MR) is 107 cm³/mol. The quantitative estimate of drug-likeness (QED) is 0.292. The minimum atomic E-state index is -0.633. The molecule has 1 N–H and O–H groups in total. The number of furan rings is 1. The van der Waals surface area contributed by atoms with E-state index in [1.807, 2.05) is 6.07 Å². The minimum Gasteiger partial charge on any atom is -0.493 e. The van der Waals surface area contributed by atoms with Crippen molar-refractivity contribution < 1.29 is 28.2 Å². The molecule has 0 saturated heterocycles. The van der Waals surface area contributed by atoms with Gasteiger partial charge in [-0.15, -0.1) is 0 Å². The lowest BCUT2D eigenvalue weighted by atomic mass is 10.1. The molecule has 0 unspecified atom stereocenters. The van der Waals surface area contributed by atoms with Gasteiger partial charge in [-0.3, -0.25) is 4.79 Å². The van der Waals surface area contributed by atoms with Crippen LogP contribution in [0.2, 0.25) is 0 Å². The molecule has 0 radical (unpaired) electrons. The van der Waals surface area contributed by atoms with Crippen LogP contribution in [0.1, 0.15) is 37.6 Å². The van der Waals surface area contributed by atoms with E-state index in [1.54, 1.807) is 36.4 Å². The second-order valence-electron chi connectivity index (χ2n) is 6.45. The van der Waals surface area contributed by atoms with E-state index in [-0.39, 0.29) is 17.4 Å². The van der Waals surface area contributed by atoms with Gasteiger partial charge < -0.3 is 18.6 Å². The summed E-state index contributed by atoms with van der Waals surface area (Å²) < 4.78 is 20.9. The van der Waals surface area contributed by atoms with E-state index in [2.05, 4.69) is 10.5 Å². The van der Waals surface area contributed by atoms with Gasteiger partial charge in [-0.1, -0.05) is 6.07 Å². The van der Waals surface area contributed by atoms with E-state index in [4.69, 9.17) is 18.6 Å². The van der Waals surface area contributed by atoms with Crippen LogP contribution < -0.4 is 14.9 Å². The van der Waals surface area contributed by atoms with Crippen LogP contribution in [0.25, 0.3) is 0 Å². The number of esters is 1. The Morgan fingerprint density at radius 3 is 2.73 bits per heavy atom. The van der Waals surface area contributed by atoms with Crippen molar-refractivity contribution in [3.05, 3.63) is 82.8 Å². The lowest BCUT2D eigenvalue weighted by Crippen LogP contribution is -2.17. The van der Waals surface area contributed by atoms with Crippen LogP contribution >= 0.6 is 0 Å². The monoisotopic (exact) mass is 406 g/mol. The van der Waals surface area contributed by atoms with Crippen LogP contribution in [-0.2, 0) is 18.0 Å². The molecule has 0 atom stereocenters. The zero-order valence-electron chi connectivity index (χ0n) is 16.1. The summed E-state index contributed by atoms with van der Waals surface area (Å²) in [5.74, 6) is -0.295. The van der Waals surface area contributed by atoms with Crippen LogP contribution in [0.4, 0.5) is 0 Å². The second kappa shape index (κ2) is 8.62. The predicted octanol–water partition coefficient (Wildman–Crippen LogP) is 3.30. The van der Waals surface area contributed by atoms with Crippen molar-refractivity contribution in [1.82, 2.24) is 5.43 Å². The molecule has 2 aromatic carbocycles. The van der Waals surface area contributed by atoms with E-state index in [9.17, 15) is 9.59 Å². The molecule has 152 valence electrons. The Labute approximate surface area is 172 Å². The smallest absolute Gasteiger partial charge is 0.379 e. The number of fused-ring (bicyclic) bond motifs is 1. The lowest BCUT2D eigenvalue weighted by molar-refractivity contribution is 0.0696. The number of rotatable bonds is 6. The fourth-order valence-corrected chi connectivity index (χ4v) is 2.94. The number of nitrogens with one attached hydrogen (secondary N) is 1. The number of amides is 1. The molecule has 30 heavy (non-hydrogen) atoms. The minimum absolute atomic E-state index is 0.0866. The van der Waals surface area contributed by atoms with E-state index in [0.717, 1.165) is 11.1 Å². The van der Waals surface area contributed by atoms with Gasteiger partial charge in [0, 0.05) is 5.56 Å². The third kappa shape index (κ3) is 4.23. The standard InChI is InChI=1S/C22H18N2O6/c1-27-20-9-14(4-7-18(20)30-22(26)19-3-2-8-29-19)11-23-24-21(25)15-5-6-16-12-28-13-17(16)10-15/h2-11H,12-13H2,1H3,(H,24,25). The van der Waals surface area contributed by atoms with Crippen LogP contribution in [-0.4, -0.2) is 25.2 Å². The maximum absolute atomic E-state index is 12.3. The maximum Gasteiger partial charge on any atom is 0.379 e. The van der Waals surface area contributed by atoms with Crippen molar-refractivity contribution in [2.45, 2.75) is 13.2 Å². The Kier molecular flexibility index (Phi) is 5.58. The Bertz CT molecular complexity index is 1100. The fraction of sp³-hybridized carbons (Fsp3) is 0.136. The van der Waals surface area contributed by atoms with Crippen molar-refractivity contribution in [2.75, 3.05) is 7.11 Å². The number of ether oxygens (including phenoxy) is 3. The molecule has 1 aliphatic rings. The Balaban J connectivity index is 1.41. The van der Waals surface area contributed by atoms with Gasteiger partial charge in [0.2, 0.25) is 5.76 Å². The van der Waals surface area contributed by atoms with Crippen LogP contribution in [0.15, 0.2) is 64.3 Å². The highest BCUT2D eigenvalue weighted by molar-refractivity contribution is 5.95. The first-order valence-electron chi connectivity index (χ1n) is 9.11. The number of hydrazone groups is 1. The molecule has 0 bridgehead atoms. The number of nitrogens with zero attached hydrogens (tertiary/aromatic N) is 1. The normalized spacial score (nSPS) is 12.6. The van der Waals surface area contributed by atoms with Crippen molar-refractivity contribution in [3.63, 3.8) is 0 Å². The molecule has 0 saturated carbocycles. The molecule has 2 heterocycles. The summed E-state index contributed by atoms with van der Waals surface area (Å²) >= 11 is 0. The summed E-state index contributed by atoms with van der Waals surface area (Å²) in [6.45, 7) is 1.08. The zero-order chi connectivity index (χ0) is 20.9. The number of hydrogen-bond acceptors (Lipinski definition) is 7. The number of carbonyl (C=O) groups excluding carboxylic acids is 2. The molecule has 1 amide bonds. The van der Waals surface area contributed by atoms with E-state index >= 15 is 0 Å². The highest BCUT2D eigenvalue weighted by Gasteiger charge is 2.15. The van der Waals surface area contributed by atoms with Gasteiger partial charge in [0.15, 0.2) is 11.5 Å². The largest absolute Gasteiger partial charge is 0.493 e. The van der Waals surface area contributed by atoms with Gasteiger partial charge in [-0.2, -0.15) is 5.10 Å². The molecule has 0 fully saturated rings. The van der Waals surface area contributed by atoms with Gasteiger partial charge in [0.25, 0.3) is 5.91 Å². The van der Waals surface area contributed by atoms with Crippen molar-refractivity contribution in [3.8, 4) is 11.5 Å². The van der Waals surface area contributed by atoms with Gasteiger partial charge in [0.05, 0.1) is 32.8 Å². The molecular weight excluding hydrogens is 388 g/mol. The first-order chi connectivity index (χ1) is 14.6. The molecule has 0 aliphatic carbocycles. The van der Waals surface area contributed by atoms with Gasteiger partial charge in [0.1, 0.15) is 0 Å². The number of methoxy groups -OCH3 is 1. The molecule has 8 nitrogen and oxygen atoms in total. The molecule has 1 aliphatic heterocycles. The third-order valence-electron chi connectivity index (χ3n) is 4.48. The molecule has 8 heteroatoms. The van der Waals surface area contributed by atoms with Crippen LogP contribution in [0, 0.1) is 0 Å². The maximum atomic E-state index is 12.3. The Morgan fingerprint density at radius 2 is 1.93 bits per heavy atom. The molecule has 0 spiro atoms. The average Bonchev–Trinajstić information content (AvgIpc) is 3.46. The first-order valence-corrected chi connectivity index (χ1v) is 9.11. The highest BCUT2D eigenvalue weighted by Crippen LogP contribution is 2.28. The van der Waals surface area contributed by atoms with Crippen molar-refractivity contribution >= 4 is 18.1 Å². The Hall–Kier alpha value is -3.91. The van der Waals surface area contributed by atoms with Gasteiger partial charge >= 0.3 is 5.97 Å². The number of hydrogen-bond donors (Lipinski definition) is 1. The highest BCUT2D eigenvalue weighted by atomic mass is 16.6. The molecule has 1 aromatic heterocycles. The summed E-state index contributed by atoms with van der Waals surface area (Å²) in [5, 5.41) is 3.98. The van der Waals surface area contributed by atoms with E-state index in [1.165, 1.54) is 25.7 Å². The van der Waals surface area contributed by atoms with Crippen molar-refractivity contribution in [1.29, 1.82) is 0 Å². The molecule has 4 rings (SSSR count). The summed E-state index contributed by atoms with van der Waals surface area (Å²) in [4.78, 5) is 24.3. The fourth-order valence-electron chi connectivity index (χ4n) is 2.94. The van der Waals surface area contributed by atoms with E-state index in [0.29, 0.717) is 30.1 Å². The van der Waals surface area contributed by atoms with E-state index < -0.39 is 5.97 Å². The topological polar surface area (TPSA) is 99.4 Å². The number of benzene rings is 2. The SMILES string of the molecule is COc1cc(C=NNC(=O)c2ccc3c(c2)COC3)ccc1OC(=O)c1ccco1. The van der Waals surface area contributed by atoms with Gasteiger partial charge in [-0.05, 0) is 59.2 Å². The summed E-state index contributed by atoms with van der Waals surface area (Å²) in [6, 6.07) is 13.4.